The summed E-state index contributed by atoms with van der Waals surface area (Å²) in [6, 6.07) is 8.45. The van der Waals surface area contributed by atoms with E-state index in [2.05, 4.69) is 29.1 Å². The fraction of sp³-hybridized carbons (Fsp3) is 0.278. The number of halogens is 1. The SMILES string of the molecule is CC(C)n1ncc2cc(CO/N=C(\N)Cc3cccc(F)c3)cnc21. The highest BCUT2D eigenvalue weighted by molar-refractivity contribution is 5.82. The second-order valence-corrected chi connectivity index (χ2v) is 6.10. The van der Waals surface area contributed by atoms with Gasteiger partial charge in [0.15, 0.2) is 5.65 Å². The van der Waals surface area contributed by atoms with Crippen LogP contribution in [0.2, 0.25) is 0 Å². The van der Waals surface area contributed by atoms with Crippen molar-refractivity contribution in [1.82, 2.24) is 14.8 Å². The predicted molar refractivity (Wildman–Crippen MR) is 94.4 cm³/mol. The first-order valence-corrected chi connectivity index (χ1v) is 8.04. The third-order valence-corrected chi connectivity index (χ3v) is 3.67. The van der Waals surface area contributed by atoms with E-state index in [1.807, 2.05) is 10.7 Å². The van der Waals surface area contributed by atoms with Gasteiger partial charge in [0.2, 0.25) is 0 Å². The fourth-order valence-corrected chi connectivity index (χ4v) is 2.52. The number of nitrogens with two attached hydrogens (primary N) is 1. The molecule has 0 aliphatic heterocycles. The quantitative estimate of drug-likeness (QED) is 0.424. The highest BCUT2D eigenvalue weighted by atomic mass is 19.1. The summed E-state index contributed by atoms with van der Waals surface area (Å²) < 4.78 is 15.0. The standard InChI is InChI=1S/C18H20FN5O/c1-12(2)24-18-15(10-22-24)6-14(9-21-18)11-25-23-17(20)8-13-4-3-5-16(19)7-13/h3-7,9-10,12H,8,11H2,1-2H3,(H2,20,23). The lowest BCUT2D eigenvalue weighted by Crippen LogP contribution is -2.15. The number of hydrogen-bond acceptors (Lipinski definition) is 4. The highest BCUT2D eigenvalue weighted by Gasteiger charge is 2.08. The molecule has 0 atom stereocenters. The maximum absolute atomic E-state index is 13.1. The third-order valence-electron chi connectivity index (χ3n) is 3.67. The Balaban J connectivity index is 1.62. The minimum atomic E-state index is -0.299. The number of hydrogen-bond donors (Lipinski definition) is 1. The Bertz CT molecular complexity index is 903. The van der Waals surface area contributed by atoms with Gasteiger partial charge in [-0.25, -0.2) is 14.1 Å². The van der Waals surface area contributed by atoms with Crippen molar-refractivity contribution in [2.45, 2.75) is 32.9 Å². The molecule has 0 saturated heterocycles. The number of oxime groups is 1. The summed E-state index contributed by atoms with van der Waals surface area (Å²) in [5.41, 5.74) is 8.28. The zero-order valence-corrected chi connectivity index (χ0v) is 14.2. The van der Waals surface area contributed by atoms with E-state index in [1.54, 1.807) is 24.5 Å². The third kappa shape index (κ3) is 4.12. The van der Waals surface area contributed by atoms with Crippen molar-refractivity contribution in [2.24, 2.45) is 10.9 Å². The Morgan fingerprint density at radius 1 is 1.28 bits per heavy atom. The Kier molecular flexibility index (Phi) is 4.92. The Hall–Kier alpha value is -2.96. The average molecular weight is 341 g/mol. The van der Waals surface area contributed by atoms with E-state index >= 15 is 0 Å². The van der Waals surface area contributed by atoms with E-state index in [0.29, 0.717) is 6.42 Å². The Morgan fingerprint density at radius 3 is 2.88 bits per heavy atom. The summed E-state index contributed by atoms with van der Waals surface area (Å²) in [4.78, 5) is 9.73. The monoisotopic (exact) mass is 341 g/mol. The first-order chi connectivity index (χ1) is 12.0. The lowest BCUT2D eigenvalue weighted by molar-refractivity contribution is 0.129. The molecule has 0 fully saturated rings. The van der Waals surface area contributed by atoms with Crippen LogP contribution in [0.1, 0.15) is 31.0 Å². The van der Waals surface area contributed by atoms with Crippen molar-refractivity contribution in [1.29, 1.82) is 0 Å². The van der Waals surface area contributed by atoms with Crippen molar-refractivity contribution < 1.29 is 9.23 Å². The molecule has 0 spiro atoms. The maximum Gasteiger partial charge on any atom is 0.157 e. The molecule has 1 aromatic carbocycles. The molecule has 0 aliphatic rings. The molecule has 2 heterocycles. The van der Waals surface area contributed by atoms with Gasteiger partial charge >= 0.3 is 0 Å². The van der Waals surface area contributed by atoms with Crippen molar-refractivity contribution in [3.05, 3.63) is 59.7 Å². The van der Waals surface area contributed by atoms with Gasteiger partial charge in [-0.3, -0.25) is 0 Å². The van der Waals surface area contributed by atoms with Crippen LogP contribution in [0.4, 0.5) is 4.39 Å². The normalized spacial score (nSPS) is 12.1. The van der Waals surface area contributed by atoms with Crippen LogP contribution in [0, 0.1) is 5.82 Å². The van der Waals surface area contributed by atoms with Gasteiger partial charge in [0, 0.05) is 29.6 Å². The number of pyridine rings is 1. The molecule has 6 nitrogen and oxygen atoms in total. The van der Waals surface area contributed by atoms with Crippen LogP contribution in [-0.2, 0) is 17.9 Å². The Morgan fingerprint density at radius 2 is 2.12 bits per heavy atom. The minimum absolute atomic E-state index is 0.249. The largest absolute Gasteiger partial charge is 0.389 e. The fourth-order valence-electron chi connectivity index (χ4n) is 2.52. The average Bonchev–Trinajstić information content (AvgIpc) is 2.98. The van der Waals surface area contributed by atoms with Crippen LogP contribution >= 0.6 is 0 Å². The number of nitrogens with zero attached hydrogens (tertiary/aromatic N) is 4. The van der Waals surface area contributed by atoms with E-state index in [-0.39, 0.29) is 24.3 Å². The van der Waals surface area contributed by atoms with Crippen LogP contribution in [0.25, 0.3) is 11.0 Å². The van der Waals surface area contributed by atoms with Crippen LogP contribution in [0.15, 0.2) is 47.9 Å². The van der Waals surface area contributed by atoms with Gasteiger partial charge in [-0.1, -0.05) is 17.3 Å². The van der Waals surface area contributed by atoms with Gasteiger partial charge in [0.05, 0.1) is 6.20 Å². The molecule has 2 N–H and O–H groups in total. The predicted octanol–water partition coefficient (Wildman–Crippen LogP) is 3.18. The van der Waals surface area contributed by atoms with Crippen molar-refractivity contribution in [3.8, 4) is 0 Å². The van der Waals surface area contributed by atoms with E-state index in [4.69, 9.17) is 10.6 Å². The molecule has 130 valence electrons. The number of fused-ring (bicyclic) bond motifs is 1. The van der Waals surface area contributed by atoms with Crippen molar-refractivity contribution in [3.63, 3.8) is 0 Å². The van der Waals surface area contributed by atoms with Crippen LogP contribution in [-0.4, -0.2) is 20.6 Å². The molecule has 0 unspecified atom stereocenters. The number of rotatable bonds is 6. The molecule has 0 radical (unpaired) electrons. The van der Waals surface area contributed by atoms with Crippen molar-refractivity contribution >= 4 is 16.9 Å². The van der Waals surface area contributed by atoms with Gasteiger partial charge in [-0.05, 0) is 37.6 Å². The first kappa shape index (κ1) is 16.9. The minimum Gasteiger partial charge on any atom is -0.389 e. The first-order valence-electron chi connectivity index (χ1n) is 8.04. The molecule has 25 heavy (non-hydrogen) atoms. The second kappa shape index (κ2) is 7.29. The summed E-state index contributed by atoms with van der Waals surface area (Å²) in [5, 5.41) is 9.17. The second-order valence-electron chi connectivity index (χ2n) is 6.10. The van der Waals surface area contributed by atoms with E-state index < -0.39 is 0 Å². The number of amidine groups is 1. The molecule has 0 saturated carbocycles. The van der Waals surface area contributed by atoms with Gasteiger partial charge in [0.25, 0.3) is 0 Å². The zero-order valence-electron chi connectivity index (χ0n) is 14.2. The van der Waals surface area contributed by atoms with E-state index in [9.17, 15) is 4.39 Å². The topological polar surface area (TPSA) is 78.3 Å². The zero-order chi connectivity index (χ0) is 17.8. The molecular weight excluding hydrogens is 321 g/mol. The van der Waals surface area contributed by atoms with E-state index in [1.165, 1.54) is 12.1 Å². The molecular formula is C18H20FN5O. The van der Waals surface area contributed by atoms with E-state index in [0.717, 1.165) is 22.2 Å². The molecule has 2 aromatic heterocycles. The molecule has 0 amide bonds. The highest BCUT2D eigenvalue weighted by Crippen LogP contribution is 2.17. The molecule has 3 rings (SSSR count). The number of aromatic nitrogens is 3. The van der Waals surface area contributed by atoms with Crippen molar-refractivity contribution in [2.75, 3.05) is 0 Å². The number of benzene rings is 1. The summed E-state index contributed by atoms with van der Waals surface area (Å²) in [5.74, 6) is -0.0141. The van der Waals surface area contributed by atoms with Gasteiger partial charge in [-0.2, -0.15) is 5.10 Å². The van der Waals surface area contributed by atoms with Crippen LogP contribution in [0.3, 0.4) is 0 Å². The Labute approximate surface area is 145 Å². The van der Waals surface area contributed by atoms with Crippen LogP contribution < -0.4 is 5.73 Å². The summed E-state index contributed by atoms with van der Waals surface area (Å²) in [6.45, 7) is 4.36. The van der Waals surface area contributed by atoms with Crippen LogP contribution in [0.5, 0.6) is 0 Å². The lowest BCUT2D eigenvalue weighted by atomic mass is 10.1. The summed E-state index contributed by atoms with van der Waals surface area (Å²) >= 11 is 0. The van der Waals surface area contributed by atoms with Gasteiger partial charge < -0.3 is 10.6 Å². The molecule has 0 bridgehead atoms. The van der Waals surface area contributed by atoms with Gasteiger partial charge in [-0.15, -0.1) is 0 Å². The smallest absolute Gasteiger partial charge is 0.157 e. The molecule has 3 aromatic rings. The molecule has 7 heteroatoms. The summed E-state index contributed by atoms with van der Waals surface area (Å²) in [7, 11) is 0. The summed E-state index contributed by atoms with van der Waals surface area (Å²) in [6.07, 6.45) is 3.85. The lowest BCUT2D eigenvalue weighted by Gasteiger charge is -2.06. The van der Waals surface area contributed by atoms with Gasteiger partial charge in [0.1, 0.15) is 18.3 Å². The maximum atomic E-state index is 13.1. The molecule has 0 aliphatic carbocycles.